The fourth-order valence-electron chi connectivity index (χ4n) is 4.22. The minimum absolute atomic E-state index is 0.288. The summed E-state index contributed by atoms with van der Waals surface area (Å²) in [7, 11) is 0. The van der Waals surface area contributed by atoms with Gasteiger partial charge in [0.05, 0.1) is 23.0 Å². The molecule has 0 bridgehead atoms. The lowest BCUT2D eigenvalue weighted by molar-refractivity contribution is -0.120. The van der Waals surface area contributed by atoms with Crippen LogP contribution >= 0.6 is 11.5 Å². The molecule has 2 aromatic carbocycles. The minimum Gasteiger partial charge on any atom is -0.346 e. The number of fused-ring (bicyclic) bond motifs is 2. The molecule has 2 N–H and O–H groups in total. The predicted molar refractivity (Wildman–Crippen MR) is 116 cm³/mol. The monoisotopic (exact) mass is 451 g/mol. The van der Waals surface area contributed by atoms with Crippen LogP contribution in [0, 0.1) is 12.7 Å². The number of halogens is 1. The Hall–Kier alpha value is -3.66. The van der Waals surface area contributed by atoms with Gasteiger partial charge in [-0.05, 0) is 48.6 Å². The third-order valence-corrected chi connectivity index (χ3v) is 6.62. The maximum absolute atomic E-state index is 14.3. The van der Waals surface area contributed by atoms with Gasteiger partial charge in [0.1, 0.15) is 16.7 Å². The largest absolute Gasteiger partial charge is 0.346 e. The molecule has 8 nitrogen and oxygen atoms in total. The fraction of sp³-hybridized carbons (Fsp3) is 0.227. The molecular formula is C22H18FN5O3S. The van der Waals surface area contributed by atoms with Crippen molar-refractivity contribution in [3.05, 3.63) is 64.4 Å². The summed E-state index contributed by atoms with van der Waals surface area (Å²) in [4.78, 5) is 40.9. The summed E-state index contributed by atoms with van der Waals surface area (Å²) < 4.78 is 18.0. The van der Waals surface area contributed by atoms with Gasteiger partial charge < -0.3 is 15.5 Å². The van der Waals surface area contributed by atoms with Crippen molar-refractivity contribution >= 4 is 34.9 Å². The molecule has 3 amide bonds. The van der Waals surface area contributed by atoms with Gasteiger partial charge in [-0.1, -0.05) is 28.8 Å². The SMILES string of the molecule is Cc1nnsc1C(=O)N[C@@H]1CCN2C(=O)c3cc(-c4ccccc4F)ccc3NC(=O)[C@H]12. The average molecular weight is 451 g/mol. The van der Waals surface area contributed by atoms with Crippen LogP contribution in [0.2, 0.25) is 0 Å². The van der Waals surface area contributed by atoms with Gasteiger partial charge in [-0.15, -0.1) is 5.10 Å². The minimum atomic E-state index is -0.850. The highest BCUT2D eigenvalue weighted by molar-refractivity contribution is 7.08. The van der Waals surface area contributed by atoms with E-state index in [4.69, 9.17) is 0 Å². The van der Waals surface area contributed by atoms with E-state index in [9.17, 15) is 18.8 Å². The van der Waals surface area contributed by atoms with Gasteiger partial charge in [-0.25, -0.2) is 4.39 Å². The second kappa shape index (κ2) is 7.79. The Balaban J connectivity index is 1.45. The maximum Gasteiger partial charge on any atom is 0.265 e. The zero-order valence-electron chi connectivity index (χ0n) is 17.0. The van der Waals surface area contributed by atoms with E-state index in [0.717, 1.165) is 11.5 Å². The highest BCUT2D eigenvalue weighted by Crippen LogP contribution is 2.33. The summed E-state index contributed by atoms with van der Waals surface area (Å²) in [6, 6.07) is 9.78. The third-order valence-electron chi connectivity index (χ3n) is 5.79. The molecule has 1 saturated heterocycles. The summed E-state index contributed by atoms with van der Waals surface area (Å²) in [6.45, 7) is 2.00. The van der Waals surface area contributed by atoms with E-state index >= 15 is 0 Å². The van der Waals surface area contributed by atoms with E-state index in [0.29, 0.717) is 40.4 Å². The summed E-state index contributed by atoms with van der Waals surface area (Å²) in [5, 5.41) is 9.50. The van der Waals surface area contributed by atoms with Crippen LogP contribution in [0.25, 0.3) is 11.1 Å². The summed E-state index contributed by atoms with van der Waals surface area (Å²) in [5.41, 5.74) is 2.07. The van der Waals surface area contributed by atoms with Crippen LogP contribution in [0.4, 0.5) is 10.1 Å². The molecular weight excluding hydrogens is 433 g/mol. The van der Waals surface area contributed by atoms with Crippen LogP contribution in [0.5, 0.6) is 0 Å². The first kappa shape index (κ1) is 20.3. The van der Waals surface area contributed by atoms with E-state index < -0.39 is 17.9 Å². The molecule has 162 valence electrons. The van der Waals surface area contributed by atoms with Crippen LogP contribution in [0.15, 0.2) is 42.5 Å². The van der Waals surface area contributed by atoms with Crippen molar-refractivity contribution in [2.45, 2.75) is 25.4 Å². The molecule has 0 radical (unpaired) electrons. The molecule has 5 rings (SSSR count). The van der Waals surface area contributed by atoms with Crippen LogP contribution in [-0.4, -0.2) is 50.8 Å². The quantitative estimate of drug-likeness (QED) is 0.637. The molecule has 2 atom stereocenters. The van der Waals surface area contributed by atoms with E-state index in [1.807, 2.05) is 0 Å². The van der Waals surface area contributed by atoms with Gasteiger partial charge in [0.15, 0.2) is 0 Å². The van der Waals surface area contributed by atoms with Crippen LogP contribution in [-0.2, 0) is 4.79 Å². The predicted octanol–water partition coefficient (Wildman–Crippen LogP) is 2.62. The molecule has 0 unspecified atom stereocenters. The second-order valence-electron chi connectivity index (χ2n) is 7.73. The first-order chi connectivity index (χ1) is 15.4. The van der Waals surface area contributed by atoms with Crippen molar-refractivity contribution in [1.29, 1.82) is 0 Å². The summed E-state index contributed by atoms with van der Waals surface area (Å²) >= 11 is 0.981. The maximum atomic E-state index is 14.3. The third kappa shape index (κ3) is 3.32. The van der Waals surface area contributed by atoms with E-state index in [-0.39, 0.29) is 23.3 Å². The van der Waals surface area contributed by atoms with Crippen molar-refractivity contribution in [1.82, 2.24) is 19.8 Å². The Bertz CT molecular complexity index is 1260. The molecule has 2 aliphatic heterocycles. The lowest BCUT2D eigenvalue weighted by Crippen LogP contribution is -2.51. The number of nitrogens with zero attached hydrogens (tertiary/aromatic N) is 3. The number of amides is 3. The molecule has 1 fully saturated rings. The average Bonchev–Trinajstić information content (AvgIpc) is 3.37. The Morgan fingerprint density at radius 3 is 2.78 bits per heavy atom. The van der Waals surface area contributed by atoms with Gasteiger partial charge in [-0.2, -0.15) is 0 Å². The number of rotatable bonds is 3. The van der Waals surface area contributed by atoms with Crippen LogP contribution in [0.1, 0.15) is 32.1 Å². The first-order valence-electron chi connectivity index (χ1n) is 10.0. The normalized spacial score (nSPS) is 19.8. The molecule has 0 aliphatic carbocycles. The standard InChI is InChI=1S/C22H18FN5O3S/c1-11-19(32-27-26-11)21(30)25-17-8-9-28-18(17)20(29)24-16-7-6-12(10-14(16)22(28)31)13-4-2-3-5-15(13)23/h2-7,10,17-18H,8-9H2,1H3,(H,24,29)(H,25,30)/t17-,18+/m1/s1. The smallest absolute Gasteiger partial charge is 0.265 e. The molecule has 1 aromatic heterocycles. The number of aromatic nitrogens is 2. The number of anilines is 1. The molecule has 32 heavy (non-hydrogen) atoms. The van der Waals surface area contributed by atoms with E-state index in [2.05, 4.69) is 20.2 Å². The topological polar surface area (TPSA) is 104 Å². The Labute approximate surface area is 186 Å². The molecule has 0 saturated carbocycles. The lowest BCUT2D eigenvalue weighted by Gasteiger charge is -2.24. The van der Waals surface area contributed by atoms with Gasteiger partial charge in [0.2, 0.25) is 5.91 Å². The van der Waals surface area contributed by atoms with Crippen LogP contribution < -0.4 is 10.6 Å². The summed E-state index contributed by atoms with van der Waals surface area (Å²) in [6.07, 6.45) is 0.434. The highest BCUT2D eigenvalue weighted by atomic mass is 32.1. The van der Waals surface area contributed by atoms with Crippen LogP contribution in [0.3, 0.4) is 0 Å². The molecule has 0 spiro atoms. The number of benzene rings is 2. The Kier molecular flexibility index (Phi) is 4.93. The van der Waals surface area contributed by atoms with Crippen molar-refractivity contribution in [3.63, 3.8) is 0 Å². The second-order valence-corrected chi connectivity index (χ2v) is 8.48. The van der Waals surface area contributed by atoms with Crippen molar-refractivity contribution in [2.75, 3.05) is 11.9 Å². The lowest BCUT2D eigenvalue weighted by atomic mass is 10.0. The molecule has 3 aromatic rings. The number of nitrogens with one attached hydrogen (secondary N) is 2. The zero-order chi connectivity index (χ0) is 22.4. The first-order valence-corrected chi connectivity index (χ1v) is 10.8. The fourth-order valence-corrected chi connectivity index (χ4v) is 4.78. The van der Waals surface area contributed by atoms with E-state index in [1.54, 1.807) is 43.3 Å². The number of hydrogen-bond acceptors (Lipinski definition) is 6. The molecule has 3 heterocycles. The number of hydrogen-bond donors (Lipinski definition) is 2. The number of carbonyl (C=O) groups is 3. The number of carbonyl (C=O) groups excluding carboxylic acids is 3. The van der Waals surface area contributed by atoms with Gasteiger partial charge >= 0.3 is 0 Å². The molecule has 10 heteroatoms. The summed E-state index contributed by atoms with van der Waals surface area (Å²) in [5.74, 6) is -1.48. The van der Waals surface area contributed by atoms with Gasteiger partial charge in [0.25, 0.3) is 11.8 Å². The Morgan fingerprint density at radius 2 is 2.03 bits per heavy atom. The molecule has 2 aliphatic rings. The van der Waals surface area contributed by atoms with Gasteiger partial charge in [-0.3, -0.25) is 14.4 Å². The zero-order valence-corrected chi connectivity index (χ0v) is 17.8. The highest BCUT2D eigenvalue weighted by Gasteiger charge is 2.45. The van der Waals surface area contributed by atoms with Gasteiger partial charge in [0, 0.05) is 12.1 Å². The van der Waals surface area contributed by atoms with Crippen molar-refractivity contribution < 1.29 is 18.8 Å². The number of aryl methyl sites for hydroxylation is 1. The van der Waals surface area contributed by atoms with Crippen molar-refractivity contribution in [3.8, 4) is 11.1 Å². The Morgan fingerprint density at radius 1 is 1.22 bits per heavy atom. The van der Waals surface area contributed by atoms with Crippen molar-refractivity contribution in [2.24, 2.45) is 0 Å². The van der Waals surface area contributed by atoms with E-state index in [1.165, 1.54) is 11.0 Å².